The molecule has 0 radical (unpaired) electrons. The van der Waals surface area contributed by atoms with Gasteiger partial charge in [-0.15, -0.1) is 11.3 Å². The summed E-state index contributed by atoms with van der Waals surface area (Å²) in [6.45, 7) is 6.91. The van der Waals surface area contributed by atoms with Crippen LogP contribution in [0.1, 0.15) is 35.6 Å². The second kappa shape index (κ2) is 5.02. The van der Waals surface area contributed by atoms with E-state index in [4.69, 9.17) is 10.2 Å². The normalized spacial score (nSPS) is 12.9. The predicted octanol–water partition coefficient (Wildman–Crippen LogP) is 3.47. The van der Waals surface area contributed by atoms with Crippen LogP contribution >= 0.6 is 11.3 Å². The van der Waals surface area contributed by atoms with E-state index >= 15 is 0 Å². The maximum Gasteiger partial charge on any atom is 0.162 e. The van der Waals surface area contributed by atoms with Gasteiger partial charge in [0.1, 0.15) is 5.76 Å². The molecule has 2 N–H and O–H groups in total. The molecule has 92 valence electrons. The smallest absolute Gasteiger partial charge is 0.162 e. The molecule has 0 aliphatic rings. The van der Waals surface area contributed by atoms with Crippen LogP contribution in [0.5, 0.6) is 0 Å². The minimum absolute atomic E-state index is 0.474. The van der Waals surface area contributed by atoms with Crippen molar-refractivity contribution in [3.8, 4) is 10.8 Å². The topological polar surface area (TPSA) is 52.0 Å². The number of aryl methyl sites for hydroxylation is 2. The molecular weight excluding hydrogens is 232 g/mol. The Labute approximate surface area is 106 Å². The Balaban J connectivity index is 2.30. The van der Waals surface area contributed by atoms with Crippen molar-refractivity contribution in [2.45, 2.75) is 33.1 Å². The Bertz CT molecular complexity index is 501. The molecule has 0 saturated carbocycles. The fourth-order valence-corrected chi connectivity index (χ4v) is 3.01. The summed E-state index contributed by atoms with van der Waals surface area (Å²) in [6.07, 6.45) is 1.000. The van der Waals surface area contributed by atoms with E-state index in [2.05, 4.69) is 18.8 Å². The highest BCUT2D eigenvalue weighted by Crippen LogP contribution is 2.34. The summed E-state index contributed by atoms with van der Waals surface area (Å²) in [5, 5.41) is 0.967. The summed E-state index contributed by atoms with van der Waals surface area (Å²) in [4.78, 5) is 5.90. The highest BCUT2D eigenvalue weighted by molar-refractivity contribution is 7.15. The Hall–Kier alpha value is -1.13. The Kier molecular flexibility index (Phi) is 3.64. The molecule has 1 unspecified atom stereocenters. The zero-order chi connectivity index (χ0) is 12.4. The fraction of sp³-hybridized carbons (Fsp3) is 0.462. The molecule has 1 atom stereocenters. The van der Waals surface area contributed by atoms with E-state index in [1.54, 1.807) is 11.3 Å². The van der Waals surface area contributed by atoms with E-state index in [0.29, 0.717) is 12.5 Å². The number of hydrogen-bond acceptors (Lipinski definition) is 4. The van der Waals surface area contributed by atoms with Crippen LogP contribution in [-0.4, -0.2) is 11.5 Å². The fourth-order valence-electron chi connectivity index (χ4n) is 1.90. The van der Waals surface area contributed by atoms with E-state index in [-0.39, 0.29) is 0 Å². The minimum Gasteiger partial charge on any atom is -0.459 e. The van der Waals surface area contributed by atoms with Crippen molar-refractivity contribution >= 4 is 11.3 Å². The molecule has 17 heavy (non-hydrogen) atoms. The zero-order valence-corrected chi connectivity index (χ0v) is 11.3. The summed E-state index contributed by atoms with van der Waals surface area (Å²) in [7, 11) is 0. The van der Waals surface area contributed by atoms with E-state index in [1.807, 2.05) is 19.1 Å². The van der Waals surface area contributed by atoms with Crippen LogP contribution in [-0.2, 0) is 0 Å². The molecule has 2 aromatic heterocycles. The lowest BCUT2D eigenvalue weighted by Crippen LogP contribution is -2.04. The van der Waals surface area contributed by atoms with Crippen LogP contribution in [0, 0.1) is 13.8 Å². The highest BCUT2D eigenvalue weighted by Gasteiger charge is 2.16. The Morgan fingerprint density at radius 2 is 2.18 bits per heavy atom. The third kappa shape index (κ3) is 2.58. The van der Waals surface area contributed by atoms with Crippen LogP contribution in [0.4, 0.5) is 0 Å². The van der Waals surface area contributed by atoms with Crippen LogP contribution < -0.4 is 5.73 Å². The van der Waals surface area contributed by atoms with Crippen molar-refractivity contribution < 1.29 is 4.42 Å². The number of furan rings is 1. The molecule has 2 rings (SSSR count). The third-order valence-corrected chi connectivity index (χ3v) is 4.23. The highest BCUT2D eigenvalue weighted by atomic mass is 32.1. The first-order valence-corrected chi connectivity index (χ1v) is 6.67. The van der Waals surface area contributed by atoms with Gasteiger partial charge >= 0.3 is 0 Å². The first kappa shape index (κ1) is 12.3. The maximum atomic E-state index is 5.60. The third-order valence-electron chi connectivity index (χ3n) is 2.83. The SMILES string of the molecule is Cc1ccc(-c2nc(C)c(C(C)CCN)s2)o1. The Morgan fingerprint density at radius 1 is 1.41 bits per heavy atom. The van der Waals surface area contributed by atoms with Crippen molar-refractivity contribution in [3.63, 3.8) is 0 Å². The van der Waals surface area contributed by atoms with Crippen LogP contribution in [0.2, 0.25) is 0 Å². The maximum absolute atomic E-state index is 5.60. The molecule has 0 bridgehead atoms. The summed E-state index contributed by atoms with van der Waals surface area (Å²) in [5.74, 6) is 2.26. The van der Waals surface area contributed by atoms with Gasteiger partial charge in [-0.2, -0.15) is 0 Å². The quantitative estimate of drug-likeness (QED) is 0.904. The van der Waals surface area contributed by atoms with Crippen molar-refractivity contribution in [2.75, 3.05) is 6.54 Å². The van der Waals surface area contributed by atoms with Gasteiger partial charge in [0.05, 0.1) is 5.69 Å². The lowest BCUT2D eigenvalue weighted by atomic mass is 10.1. The van der Waals surface area contributed by atoms with Crippen LogP contribution in [0.25, 0.3) is 10.8 Å². The average molecular weight is 250 g/mol. The summed E-state index contributed by atoms with van der Waals surface area (Å²) in [5.41, 5.74) is 6.70. The zero-order valence-electron chi connectivity index (χ0n) is 10.5. The second-order valence-electron chi connectivity index (χ2n) is 4.36. The lowest BCUT2D eigenvalue weighted by molar-refractivity contribution is 0.548. The second-order valence-corrected chi connectivity index (χ2v) is 5.39. The lowest BCUT2D eigenvalue weighted by Gasteiger charge is -2.06. The number of rotatable bonds is 4. The van der Waals surface area contributed by atoms with Gasteiger partial charge in [-0.3, -0.25) is 0 Å². The average Bonchev–Trinajstić information content (AvgIpc) is 2.85. The molecule has 4 heteroatoms. The van der Waals surface area contributed by atoms with Crippen molar-refractivity contribution in [1.82, 2.24) is 4.98 Å². The van der Waals surface area contributed by atoms with Crippen molar-refractivity contribution in [2.24, 2.45) is 5.73 Å². The first-order chi connectivity index (χ1) is 8.11. The molecule has 2 aromatic rings. The molecule has 0 fully saturated rings. The summed E-state index contributed by atoms with van der Waals surface area (Å²) in [6, 6.07) is 3.94. The first-order valence-electron chi connectivity index (χ1n) is 5.86. The molecule has 0 aromatic carbocycles. The number of hydrogen-bond donors (Lipinski definition) is 1. The van der Waals surface area contributed by atoms with E-state index < -0.39 is 0 Å². The van der Waals surface area contributed by atoms with Crippen LogP contribution in [0.3, 0.4) is 0 Å². The standard InChI is InChI=1S/C13H18N2OS/c1-8(6-7-14)12-10(3)15-13(17-12)11-5-4-9(2)16-11/h4-5,8H,6-7,14H2,1-3H3. The van der Waals surface area contributed by atoms with E-state index in [0.717, 1.165) is 28.6 Å². The number of nitrogens with zero attached hydrogens (tertiary/aromatic N) is 1. The molecule has 2 heterocycles. The molecule has 0 saturated heterocycles. The predicted molar refractivity (Wildman–Crippen MR) is 71.4 cm³/mol. The van der Waals surface area contributed by atoms with Gasteiger partial charge in [-0.05, 0) is 44.9 Å². The van der Waals surface area contributed by atoms with Crippen molar-refractivity contribution in [3.05, 3.63) is 28.5 Å². The number of aromatic nitrogens is 1. The monoisotopic (exact) mass is 250 g/mol. The van der Waals surface area contributed by atoms with Gasteiger partial charge < -0.3 is 10.2 Å². The number of thiazole rings is 1. The molecule has 0 amide bonds. The van der Waals surface area contributed by atoms with Gasteiger partial charge in [-0.25, -0.2) is 4.98 Å². The van der Waals surface area contributed by atoms with E-state index in [9.17, 15) is 0 Å². The van der Waals surface area contributed by atoms with E-state index in [1.165, 1.54) is 4.88 Å². The van der Waals surface area contributed by atoms with Gasteiger partial charge in [-0.1, -0.05) is 6.92 Å². The molecule has 0 aliphatic heterocycles. The van der Waals surface area contributed by atoms with Gasteiger partial charge in [0.2, 0.25) is 0 Å². The largest absolute Gasteiger partial charge is 0.459 e. The Morgan fingerprint density at radius 3 is 2.76 bits per heavy atom. The summed E-state index contributed by atoms with van der Waals surface area (Å²) >= 11 is 1.71. The van der Waals surface area contributed by atoms with Crippen molar-refractivity contribution in [1.29, 1.82) is 0 Å². The molecular formula is C13H18N2OS. The number of nitrogens with two attached hydrogens (primary N) is 1. The molecule has 0 aliphatic carbocycles. The minimum atomic E-state index is 0.474. The van der Waals surface area contributed by atoms with Gasteiger partial charge in [0.25, 0.3) is 0 Å². The van der Waals surface area contributed by atoms with Gasteiger partial charge in [0.15, 0.2) is 10.8 Å². The molecule has 0 spiro atoms. The van der Waals surface area contributed by atoms with Crippen LogP contribution in [0.15, 0.2) is 16.5 Å². The summed E-state index contributed by atoms with van der Waals surface area (Å²) < 4.78 is 5.60. The van der Waals surface area contributed by atoms with Gasteiger partial charge in [0, 0.05) is 4.88 Å². The molecule has 3 nitrogen and oxygen atoms in total.